The summed E-state index contributed by atoms with van der Waals surface area (Å²) in [5, 5.41) is 11.1. The number of aliphatic hydroxyl groups excluding tert-OH is 1. The van der Waals surface area contributed by atoms with Gasteiger partial charge in [0, 0.05) is 55.5 Å². The number of benzene rings is 2. The number of aromatic nitrogens is 1. The third kappa shape index (κ3) is 7.47. The highest BCUT2D eigenvalue weighted by Gasteiger charge is 2.35. The van der Waals surface area contributed by atoms with Crippen molar-refractivity contribution in [1.29, 1.82) is 0 Å². The molecule has 2 fully saturated rings. The van der Waals surface area contributed by atoms with Gasteiger partial charge in [-0.1, -0.05) is 11.8 Å². The van der Waals surface area contributed by atoms with Gasteiger partial charge in [-0.15, -0.1) is 0 Å². The molecule has 2 aliphatic rings. The van der Waals surface area contributed by atoms with Gasteiger partial charge in [-0.05, 0) is 68.0 Å². The summed E-state index contributed by atoms with van der Waals surface area (Å²) in [6.45, 7) is 4.85. The first-order chi connectivity index (χ1) is 20.8. The van der Waals surface area contributed by atoms with Crippen LogP contribution in [0.25, 0.3) is 10.9 Å². The Labute approximate surface area is 249 Å². The van der Waals surface area contributed by atoms with Crippen LogP contribution in [-0.4, -0.2) is 79.5 Å². The van der Waals surface area contributed by atoms with E-state index in [9.17, 15) is 18.3 Å². The van der Waals surface area contributed by atoms with Gasteiger partial charge in [-0.3, -0.25) is 14.8 Å². The average Bonchev–Trinajstić information content (AvgIpc) is 3.02. The molecule has 3 heterocycles. The lowest BCUT2D eigenvalue weighted by Crippen LogP contribution is -2.42. The molecule has 1 N–H and O–H groups in total. The van der Waals surface area contributed by atoms with Crippen LogP contribution in [0.15, 0.2) is 36.5 Å². The molecule has 3 aromatic rings. The molecule has 0 amide bonds. The van der Waals surface area contributed by atoms with Gasteiger partial charge >= 0.3 is 0 Å². The Hall–Kier alpha value is -3.23. The average molecular weight is 600 g/mol. The predicted octanol–water partition coefficient (Wildman–Crippen LogP) is 5.41. The molecule has 230 valence electrons. The number of morpholine rings is 1. The van der Waals surface area contributed by atoms with Gasteiger partial charge < -0.3 is 14.6 Å². The summed E-state index contributed by atoms with van der Waals surface area (Å²) in [7, 11) is 1.58. The Bertz CT molecular complexity index is 1450. The van der Waals surface area contributed by atoms with Crippen LogP contribution >= 0.6 is 0 Å². The topological polar surface area (TPSA) is 58.1 Å². The maximum atomic E-state index is 16.4. The van der Waals surface area contributed by atoms with Crippen molar-refractivity contribution in [1.82, 2.24) is 14.8 Å². The van der Waals surface area contributed by atoms with Gasteiger partial charge in [0.2, 0.25) is 0 Å². The van der Waals surface area contributed by atoms with Crippen molar-refractivity contribution in [3.8, 4) is 17.6 Å². The summed E-state index contributed by atoms with van der Waals surface area (Å²) in [6, 6.07) is 6.73. The number of methoxy groups -OCH3 is 1. The highest BCUT2D eigenvalue weighted by Crippen LogP contribution is 2.41. The maximum Gasteiger partial charge on any atom is 0.144 e. The number of halogens is 4. The van der Waals surface area contributed by atoms with Gasteiger partial charge in [0.15, 0.2) is 0 Å². The first kappa shape index (κ1) is 31.2. The van der Waals surface area contributed by atoms with Gasteiger partial charge in [0.05, 0.1) is 37.9 Å². The van der Waals surface area contributed by atoms with Crippen LogP contribution in [0.4, 0.5) is 17.6 Å². The van der Waals surface area contributed by atoms with Crippen molar-refractivity contribution >= 4 is 10.9 Å². The number of ether oxygens (including phenoxy) is 2. The van der Waals surface area contributed by atoms with Crippen LogP contribution in [-0.2, 0) is 11.3 Å². The monoisotopic (exact) mass is 599 g/mol. The van der Waals surface area contributed by atoms with E-state index in [1.807, 2.05) is 23.1 Å². The first-order valence-electron chi connectivity index (χ1n) is 14.7. The summed E-state index contributed by atoms with van der Waals surface area (Å²) in [6.07, 6.45) is 2.54. The lowest BCUT2D eigenvalue weighted by atomic mass is 9.74. The second-order valence-corrected chi connectivity index (χ2v) is 11.5. The van der Waals surface area contributed by atoms with Gasteiger partial charge in [0.1, 0.15) is 29.4 Å². The van der Waals surface area contributed by atoms with Crippen molar-refractivity contribution in [3.63, 3.8) is 0 Å². The number of pyridine rings is 1. The molecule has 0 aliphatic carbocycles. The van der Waals surface area contributed by atoms with Crippen LogP contribution < -0.4 is 4.74 Å². The predicted molar refractivity (Wildman–Crippen MR) is 156 cm³/mol. The number of fused-ring (bicyclic) bond motifs is 1. The quantitative estimate of drug-likeness (QED) is 0.262. The molecule has 1 aromatic heterocycles. The van der Waals surface area contributed by atoms with E-state index in [2.05, 4.69) is 21.7 Å². The molecule has 10 heteroatoms. The molecule has 2 aromatic carbocycles. The zero-order valence-electron chi connectivity index (χ0n) is 24.4. The van der Waals surface area contributed by atoms with E-state index >= 15 is 4.39 Å². The Balaban J connectivity index is 1.26. The number of nitrogens with zero attached hydrogens (tertiary/aromatic N) is 3. The zero-order chi connectivity index (χ0) is 30.4. The van der Waals surface area contributed by atoms with Gasteiger partial charge in [-0.2, -0.15) is 0 Å². The van der Waals surface area contributed by atoms with Crippen LogP contribution in [0.3, 0.4) is 0 Å². The summed E-state index contributed by atoms with van der Waals surface area (Å²) in [5.74, 6) is 2.84. The lowest BCUT2D eigenvalue weighted by Gasteiger charge is -2.40. The third-order valence-electron chi connectivity index (χ3n) is 8.71. The van der Waals surface area contributed by atoms with Crippen LogP contribution in [0.2, 0.25) is 0 Å². The Morgan fingerprint density at radius 3 is 2.44 bits per heavy atom. The van der Waals surface area contributed by atoms with Crippen molar-refractivity contribution in [3.05, 3.63) is 70.7 Å². The summed E-state index contributed by atoms with van der Waals surface area (Å²) in [5.41, 5.74) is 1.28. The largest absolute Gasteiger partial charge is 0.497 e. The van der Waals surface area contributed by atoms with E-state index < -0.39 is 34.6 Å². The SMILES string of the molecule is COc1ccc2ncc(CN3CCOCC3)c([C@@H](F)CCC3(CO)CCN(CC#Cc4c(F)cc(F)cc4F)CC3)c2c1. The molecule has 2 saturated heterocycles. The molecule has 2 aliphatic heterocycles. The minimum Gasteiger partial charge on any atom is -0.497 e. The fourth-order valence-corrected chi connectivity index (χ4v) is 6.01. The van der Waals surface area contributed by atoms with Crippen molar-refractivity contribution < 1.29 is 32.1 Å². The summed E-state index contributed by atoms with van der Waals surface area (Å²) >= 11 is 0. The fraction of sp³-hybridized carbons (Fsp3) is 0.485. The standard InChI is InChI=1S/C33H37F4N3O3/c1-42-25-4-5-31-27(19-25)32(23(20-38-31)21-40-13-15-43-16-14-40)28(35)6-7-33(22-41)8-11-39(12-9-33)10-2-3-26-29(36)17-24(34)18-30(26)37/h4-5,17-20,28,41H,6-16,21-22H2,1H3/t28-/m0/s1. The number of likely N-dealkylation sites (tertiary alicyclic amines) is 1. The summed E-state index contributed by atoms with van der Waals surface area (Å²) < 4.78 is 68.2. The molecule has 0 radical (unpaired) electrons. The number of hydrogen-bond donors (Lipinski definition) is 1. The van der Waals surface area contributed by atoms with Crippen molar-refractivity contribution in [2.75, 3.05) is 59.7 Å². The van der Waals surface area contributed by atoms with E-state index in [-0.39, 0.29) is 19.6 Å². The molecular formula is C33H37F4N3O3. The van der Waals surface area contributed by atoms with Gasteiger partial charge in [-0.25, -0.2) is 17.6 Å². The maximum absolute atomic E-state index is 16.4. The molecule has 0 spiro atoms. The highest BCUT2D eigenvalue weighted by atomic mass is 19.1. The molecular weight excluding hydrogens is 562 g/mol. The van der Waals surface area contributed by atoms with E-state index in [4.69, 9.17) is 9.47 Å². The number of hydrogen-bond acceptors (Lipinski definition) is 6. The smallest absolute Gasteiger partial charge is 0.144 e. The van der Waals surface area contributed by atoms with Gasteiger partial charge in [0.25, 0.3) is 0 Å². The third-order valence-corrected chi connectivity index (χ3v) is 8.71. The number of aliphatic hydroxyl groups is 1. The molecule has 0 unspecified atom stereocenters. The van der Waals surface area contributed by atoms with Crippen LogP contribution in [0.5, 0.6) is 5.75 Å². The highest BCUT2D eigenvalue weighted by molar-refractivity contribution is 5.85. The second kappa shape index (κ2) is 14.0. The van der Waals surface area contributed by atoms with Crippen molar-refractivity contribution in [2.24, 2.45) is 5.41 Å². The molecule has 43 heavy (non-hydrogen) atoms. The van der Waals surface area contributed by atoms with E-state index in [0.717, 1.165) is 24.0 Å². The Morgan fingerprint density at radius 1 is 1.05 bits per heavy atom. The minimum atomic E-state index is -1.26. The minimum absolute atomic E-state index is 0.0587. The fourth-order valence-electron chi connectivity index (χ4n) is 6.01. The molecule has 0 bridgehead atoms. The normalized spacial score (nSPS) is 18.3. The van der Waals surface area contributed by atoms with Crippen molar-refractivity contribution in [2.45, 2.75) is 38.4 Å². The van der Waals surface area contributed by atoms with Crippen LogP contribution in [0.1, 0.15) is 48.5 Å². The van der Waals surface area contributed by atoms with Crippen LogP contribution in [0, 0.1) is 34.7 Å². The zero-order valence-corrected chi connectivity index (χ0v) is 24.4. The lowest BCUT2D eigenvalue weighted by molar-refractivity contribution is 0.0323. The van der Waals surface area contributed by atoms with E-state index in [1.165, 1.54) is 0 Å². The molecule has 0 saturated carbocycles. The summed E-state index contributed by atoms with van der Waals surface area (Å²) in [4.78, 5) is 8.90. The number of rotatable bonds is 9. The molecule has 5 rings (SSSR count). The second-order valence-electron chi connectivity index (χ2n) is 11.5. The number of alkyl halides is 1. The Kier molecular flexibility index (Phi) is 10.2. The molecule has 6 nitrogen and oxygen atoms in total. The van der Waals surface area contributed by atoms with E-state index in [0.29, 0.717) is 81.1 Å². The molecule has 1 atom stereocenters. The first-order valence-corrected chi connectivity index (χ1v) is 14.7. The Morgan fingerprint density at radius 2 is 1.77 bits per heavy atom. The van der Waals surface area contributed by atoms with E-state index in [1.54, 1.807) is 13.3 Å². The number of piperidine rings is 1.